The van der Waals surface area contributed by atoms with Gasteiger partial charge in [-0.2, -0.15) is 0 Å². The smallest absolute Gasteiger partial charge is 0.323 e. The average molecular weight is 264 g/mol. The summed E-state index contributed by atoms with van der Waals surface area (Å²) in [5.74, 6) is -0.209. The molecule has 1 aromatic carbocycles. The SMILES string of the molecule is COC(=O)C1CCCN1Cc1ccc([N+](=O)[O-])cc1. The fraction of sp³-hybridized carbons (Fsp3) is 0.462. The van der Waals surface area contributed by atoms with Crippen molar-refractivity contribution in [2.75, 3.05) is 13.7 Å². The maximum atomic E-state index is 11.6. The highest BCUT2D eigenvalue weighted by molar-refractivity contribution is 5.75. The van der Waals surface area contributed by atoms with Gasteiger partial charge in [-0.05, 0) is 24.9 Å². The molecule has 1 unspecified atom stereocenters. The molecular formula is C13H16N2O4. The highest BCUT2D eigenvalue weighted by Crippen LogP contribution is 2.22. The Morgan fingerprint density at radius 3 is 2.74 bits per heavy atom. The molecule has 6 heteroatoms. The lowest BCUT2D eigenvalue weighted by atomic mass is 10.1. The number of methoxy groups -OCH3 is 1. The highest BCUT2D eigenvalue weighted by Gasteiger charge is 2.31. The van der Waals surface area contributed by atoms with Crippen molar-refractivity contribution in [1.29, 1.82) is 0 Å². The monoisotopic (exact) mass is 264 g/mol. The first kappa shape index (κ1) is 13.5. The van der Waals surface area contributed by atoms with Crippen LogP contribution in [0.4, 0.5) is 5.69 Å². The van der Waals surface area contributed by atoms with Crippen LogP contribution in [-0.2, 0) is 16.1 Å². The van der Waals surface area contributed by atoms with Gasteiger partial charge in [-0.1, -0.05) is 12.1 Å². The molecule has 1 heterocycles. The van der Waals surface area contributed by atoms with E-state index in [-0.39, 0.29) is 17.7 Å². The van der Waals surface area contributed by atoms with Gasteiger partial charge in [0.15, 0.2) is 0 Å². The molecule has 1 atom stereocenters. The van der Waals surface area contributed by atoms with Gasteiger partial charge in [0.2, 0.25) is 0 Å². The topological polar surface area (TPSA) is 72.7 Å². The molecule has 0 bridgehead atoms. The minimum Gasteiger partial charge on any atom is -0.468 e. The van der Waals surface area contributed by atoms with Gasteiger partial charge in [-0.25, -0.2) is 0 Å². The van der Waals surface area contributed by atoms with E-state index in [0.717, 1.165) is 24.9 Å². The van der Waals surface area contributed by atoms with Crippen LogP contribution >= 0.6 is 0 Å². The quantitative estimate of drug-likeness (QED) is 0.470. The van der Waals surface area contributed by atoms with E-state index in [0.29, 0.717) is 6.54 Å². The lowest BCUT2D eigenvalue weighted by Crippen LogP contribution is -2.36. The Kier molecular flexibility index (Phi) is 4.11. The van der Waals surface area contributed by atoms with E-state index in [1.165, 1.54) is 19.2 Å². The van der Waals surface area contributed by atoms with E-state index in [1.807, 2.05) is 4.90 Å². The van der Waals surface area contributed by atoms with Crippen LogP contribution in [0.25, 0.3) is 0 Å². The molecule has 1 aliphatic heterocycles. The number of nitro benzene ring substituents is 1. The van der Waals surface area contributed by atoms with Gasteiger partial charge in [0.25, 0.3) is 5.69 Å². The summed E-state index contributed by atoms with van der Waals surface area (Å²) in [4.78, 5) is 23.8. The molecule has 6 nitrogen and oxygen atoms in total. The van der Waals surface area contributed by atoms with Crippen LogP contribution in [0, 0.1) is 10.1 Å². The van der Waals surface area contributed by atoms with E-state index >= 15 is 0 Å². The number of nitrogens with zero attached hydrogens (tertiary/aromatic N) is 2. The van der Waals surface area contributed by atoms with Crippen molar-refractivity contribution in [3.8, 4) is 0 Å². The fourth-order valence-electron chi connectivity index (χ4n) is 2.38. The number of ether oxygens (including phenoxy) is 1. The molecule has 102 valence electrons. The fourth-order valence-corrected chi connectivity index (χ4v) is 2.38. The standard InChI is InChI=1S/C13H16N2O4/c1-19-13(16)12-3-2-8-14(12)9-10-4-6-11(7-5-10)15(17)18/h4-7,12H,2-3,8-9H2,1H3. The molecule has 1 fully saturated rings. The normalized spacial score (nSPS) is 19.3. The summed E-state index contributed by atoms with van der Waals surface area (Å²) in [5, 5.41) is 10.6. The largest absolute Gasteiger partial charge is 0.468 e. The van der Waals surface area contributed by atoms with E-state index in [4.69, 9.17) is 4.74 Å². The molecule has 19 heavy (non-hydrogen) atoms. The second-order valence-electron chi connectivity index (χ2n) is 4.58. The molecule has 1 aliphatic rings. The number of carbonyl (C=O) groups is 1. The first-order chi connectivity index (χ1) is 9.11. The van der Waals surface area contributed by atoms with Gasteiger partial charge in [-0.3, -0.25) is 19.8 Å². The van der Waals surface area contributed by atoms with Crippen molar-refractivity contribution in [3.63, 3.8) is 0 Å². The van der Waals surface area contributed by atoms with Crippen molar-refractivity contribution in [3.05, 3.63) is 39.9 Å². The lowest BCUT2D eigenvalue weighted by molar-refractivity contribution is -0.384. The zero-order chi connectivity index (χ0) is 13.8. The Balaban J connectivity index is 2.04. The van der Waals surface area contributed by atoms with Crippen LogP contribution in [0.15, 0.2) is 24.3 Å². The number of hydrogen-bond donors (Lipinski definition) is 0. The van der Waals surface area contributed by atoms with Crippen LogP contribution in [-0.4, -0.2) is 35.5 Å². The lowest BCUT2D eigenvalue weighted by Gasteiger charge is -2.22. The summed E-state index contributed by atoms with van der Waals surface area (Å²) in [6.45, 7) is 1.45. The molecule has 1 aromatic rings. The zero-order valence-corrected chi connectivity index (χ0v) is 10.7. The number of likely N-dealkylation sites (tertiary alicyclic amines) is 1. The van der Waals surface area contributed by atoms with Gasteiger partial charge in [-0.15, -0.1) is 0 Å². The Morgan fingerprint density at radius 2 is 2.16 bits per heavy atom. The molecule has 0 aliphatic carbocycles. The number of non-ortho nitro benzene ring substituents is 1. The third-order valence-corrected chi connectivity index (χ3v) is 3.37. The van der Waals surface area contributed by atoms with E-state index in [9.17, 15) is 14.9 Å². The highest BCUT2D eigenvalue weighted by atomic mass is 16.6. The van der Waals surface area contributed by atoms with Crippen LogP contribution in [0.2, 0.25) is 0 Å². The number of esters is 1. The molecular weight excluding hydrogens is 248 g/mol. The Morgan fingerprint density at radius 1 is 1.47 bits per heavy atom. The van der Waals surface area contributed by atoms with Crippen LogP contribution < -0.4 is 0 Å². The summed E-state index contributed by atoms with van der Waals surface area (Å²) in [6.07, 6.45) is 1.77. The van der Waals surface area contributed by atoms with E-state index in [2.05, 4.69) is 0 Å². The zero-order valence-electron chi connectivity index (χ0n) is 10.7. The average Bonchev–Trinajstić information content (AvgIpc) is 2.86. The molecule has 2 rings (SSSR count). The predicted molar refractivity (Wildman–Crippen MR) is 68.5 cm³/mol. The summed E-state index contributed by atoms with van der Waals surface area (Å²) >= 11 is 0. The van der Waals surface area contributed by atoms with Crippen LogP contribution in [0.3, 0.4) is 0 Å². The number of benzene rings is 1. The van der Waals surface area contributed by atoms with Gasteiger partial charge < -0.3 is 4.74 Å². The van der Waals surface area contributed by atoms with Crippen LogP contribution in [0.1, 0.15) is 18.4 Å². The molecule has 0 amide bonds. The minimum absolute atomic E-state index is 0.0784. The second kappa shape index (κ2) is 5.79. The van der Waals surface area contributed by atoms with Crippen molar-refractivity contribution in [2.24, 2.45) is 0 Å². The van der Waals surface area contributed by atoms with Crippen molar-refractivity contribution < 1.29 is 14.5 Å². The maximum absolute atomic E-state index is 11.6. The third kappa shape index (κ3) is 3.08. The first-order valence-corrected chi connectivity index (χ1v) is 6.17. The molecule has 0 radical (unpaired) electrons. The molecule has 0 spiro atoms. The second-order valence-corrected chi connectivity index (χ2v) is 4.58. The van der Waals surface area contributed by atoms with Crippen molar-refractivity contribution in [2.45, 2.75) is 25.4 Å². The minimum atomic E-state index is -0.420. The molecule has 1 saturated heterocycles. The number of rotatable bonds is 4. The Bertz CT molecular complexity index is 472. The number of carbonyl (C=O) groups excluding carboxylic acids is 1. The van der Waals surface area contributed by atoms with Gasteiger partial charge >= 0.3 is 5.97 Å². The van der Waals surface area contributed by atoms with Crippen molar-refractivity contribution >= 4 is 11.7 Å². The summed E-state index contributed by atoms with van der Waals surface area (Å²) in [5.41, 5.74) is 1.04. The molecule has 0 N–H and O–H groups in total. The summed E-state index contributed by atoms with van der Waals surface area (Å²) < 4.78 is 4.78. The Labute approximate surface area is 111 Å². The molecule has 0 aromatic heterocycles. The maximum Gasteiger partial charge on any atom is 0.323 e. The summed E-state index contributed by atoms with van der Waals surface area (Å²) in [6, 6.07) is 6.23. The number of nitro groups is 1. The molecule has 0 saturated carbocycles. The Hall–Kier alpha value is -1.95. The van der Waals surface area contributed by atoms with Crippen molar-refractivity contribution in [1.82, 2.24) is 4.90 Å². The predicted octanol–water partition coefficient (Wildman–Crippen LogP) is 1.73. The van der Waals surface area contributed by atoms with Crippen LogP contribution in [0.5, 0.6) is 0 Å². The summed E-state index contributed by atoms with van der Waals surface area (Å²) in [7, 11) is 1.39. The van der Waals surface area contributed by atoms with E-state index in [1.54, 1.807) is 12.1 Å². The van der Waals surface area contributed by atoms with Gasteiger partial charge in [0.1, 0.15) is 6.04 Å². The number of hydrogen-bond acceptors (Lipinski definition) is 5. The van der Waals surface area contributed by atoms with Gasteiger partial charge in [0, 0.05) is 18.7 Å². The third-order valence-electron chi connectivity index (χ3n) is 3.37. The van der Waals surface area contributed by atoms with E-state index < -0.39 is 4.92 Å². The first-order valence-electron chi connectivity index (χ1n) is 6.17. The van der Waals surface area contributed by atoms with Gasteiger partial charge in [0.05, 0.1) is 12.0 Å².